The van der Waals surface area contributed by atoms with Crippen LogP contribution in [0.1, 0.15) is 25.8 Å². The van der Waals surface area contributed by atoms with E-state index in [1.807, 2.05) is 24.3 Å². The van der Waals surface area contributed by atoms with Crippen LogP contribution in [0.3, 0.4) is 0 Å². The van der Waals surface area contributed by atoms with Crippen molar-refractivity contribution in [3.05, 3.63) is 51.5 Å². The summed E-state index contributed by atoms with van der Waals surface area (Å²) in [4.78, 5) is 18.3. The molecule has 2 aromatic heterocycles. The van der Waals surface area contributed by atoms with Crippen LogP contribution in [0.5, 0.6) is 0 Å². The second-order valence-corrected chi connectivity index (χ2v) is 5.50. The Hall–Kier alpha value is -1.72. The van der Waals surface area contributed by atoms with Gasteiger partial charge in [-0.3, -0.25) is 9.78 Å². The highest BCUT2D eigenvalue weighted by molar-refractivity contribution is 7.14. The Morgan fingerprint density at radius 3 is 3.21 bits per heavy atom. The molecule has 19 heavy (non-hydrogen) atoms. The topological polar surface area (TPSA) is 51.2 Å². The molecular formula is C14H14N2O2S. The Morgan fingerprint density at radius 1 is 1.47 bits per heavy atom. The summed E-state index contributed by atoms with van der Waals surface area (Å²) in [5, 5.41) is 2.89. The van der Waals surface area contributed by atoms with Crippen LogP contribution in [0.25, 0.3) is 0 Å². The predicted octanol–water partition coefficient (Wildman–Crippen LogP) is 2.15. The minimum Gasteiger partial charge on any atom is -0.376 e. The maximum absolute atomic E-state index is 12.1. The summed E-state index contributed by atoms with van der Waals surface area (Å²) in [7, 11) is 0. The summed E-state index contributed by atoms with van der Waals surface area (Å²) >= 11 is 1.57. The van der Waals surface area contributed by atoms with E-state index in [0.717, 1.165) is 29.2 Å². The standard InChI is InChI=1S/C14H14N2O2S/c17-14(16-8-11-3-1-2-5-15-11)13-7-10-9-18-6-4-12(10)19-13/h1-3,5,7H,4,6,8-9H2,(H,16,17). The molecule has 5 heteroatoms. The Kier molecular flexibility index (Phi) is 3.57. The van der Waals surface area contributed by atoms with Crippen LogP contribution in [0, 0.1) is 0 Å². The van der Waals surface area contributed by atoms with Crippen molar-refractivity contribution in [2.24, 2.45) is 0 Å². The van der Waals surface area contributed by atoms with E-state index < -0.39 is 0 Å². The number of rotatable bonds is 3. The Labute approximate surface area is 115 Å². The maximum atomic E-state index is 12.1. The number of nitrogens with one attached hydrogen (secondary N) is 1. The first kappa shape index (κ1) is 12.3. The number of carbonyl (C=O) groups is 1. The molecule has 0 unspecified atom stereocenters. The van der Waals surface area contributed by atoms with Gasteiger partial charge in [-0.05, 0) is 23.8 Å². The fourth-order valence-electron chi connectivity index (χ4n) is 2.02. The summed E-state index contributed by atoms with van der Waals surface area (Å²) < 4.78 is 5.38. The van der Waals surface area contributed by atoms with Crippen LogP contribution in [-0.4, -0.2) is 17.5 Å². The van der Waals surface area contributed by atoms with Gasteiger partial charge < -0.3 is 10.1 Å². The summed E-state index contributed by atoms with van der Waals surface area (Å²) in [6, 6.07) is 7.61. The molecule has 0 saturated heterocycles. The lowest BCUT2D eigenvalue weighted by Gasteiger charge is -2.10. The third kappa shape index (κ3) is 2.83. The van der Waals surface area contributed by atoms with Gasteiger partial charge in [0, 0.05) is 17.5 Å². The highest BCUT2D eigenvalue weighted by Gasteiger charge is 2.17. The molecule has 0 aromatic carbocycles. The SMILES string of the molecule is O=C(NCc1ccccn1)c1cc2c(s1)CCOC2. The number of hydrogen-bond acceptors (Lipinski definition) is 4. The van der Waals surface area contributed by atoms with Crippen LogP contribution in [0.15, 0.2) is 30.5 Å². The van der Waals surface area contributed by atoms with E-state index in [1.54, 1.807) is 17.5 Å². The molecule has 1 amide bonds. The van der Waals surface area contributed by atoms with Crippen molar-refractivity contribution in [3.8, 4) is 0 Å². The minimum atomic E-state index is -0.0370. The van der Waals surface area contributed by atoms with Crippen LogP contribution in [0.4, 0.5) is 0 Å². The smallest absolute Gasteiger partial charge is 0.261 e. The molecule has 0 fully saturated rings. The van der Waals surface area contributed by atoms with Gasteiger partial charge >= 0.3 is 0 Å². The van der Waals surface area contributed by atoms with Gasteiger partial charge in [0.25, 0.3) is 5.91 Å². The molecule has 0 bridgehead atoms. The predicted molar refractivity (Wildman–Crippen MR) is 73.1 cm³/mol. The number of aromatic nitrogens is 1. The number of hydrogen-bond donors (Lipinski definition) is 1. The normalized spacial score (nSPS) is 13.9. The number of amides is 1. The fraction of sp³-hybridized carbons (Fsp3) is 0.286. The fourth-order valence-corrected chi connectivity index (χ4v) is 3.09. The molecule has 0 saturated carbocycles. The first-order valence-electron chi connectivity index (χ1n) is 6.20. The van der Waals surface area contributed by atoms with Gasteiger partial charge in [-0.1, -0.05) is 6.07 Å². The Bertz CT molecular complexity index is 557. The van der Waals surface area contributed by atoms with E-state index in [2.05, 4.69) is 10.3 Å². The second kappa shape index (κ2) is 5.50. The lowest BCUT2D eigenvalue weighted by atomic mass is 10.2. The minimum absolute atomic E-state index is 0.0370. The molecule has 98 valence electrons. The molecule has 4 nitrogen and oxygen atoms in total. The molecule has 1 aliphatic heterocycles. The van der Waals surface area contributed by atoms with Crippen LogP contribution < -0.4 is 5.32 Å². The van der Waals surface area contributed by atoms with E-state index >= 15 is 0 Å². The zero-order chi connectivity index (χ0) is 13.1. The molecule has 1 aliphatic rings. The molecule has 0 atom stereocenters. The third-order valence-corrected chi connectivity index (χ3v) is 4.24. The first-order chi connectivity index (χ1) is 9.33. The number of ether oxygens (including phenoxy) is 1. The van der Waals surface area contributed by atoms with Crippen molar-refractivity contribution in [2.75, 3.05) is 6.61 Å². The van der Waals surface area contributed by atoms with E-state index in [0.29, 0.717) is 13.2 Å². The van der Waals surface area contributed by atoms with Gasteiger partial charge in [-0.15, -0.1) is 11.3 Å². The molecule has 0 radical (unpaired) electrons. The van der Waals surface area contributed by atoms with Crippen molar-refractivity contribution in [1.29, 1.82) is 0 Å². The first-order valence-corrected chi connectivity index (χ1v) is 7.02. The Balaban J connectivity index is 1.65. The average Bonchev–Trinajstić information content (AvgIpc) is 2.90. The quantitative estimate of drug-likeness (QED) is 0.933. The van der Waals surface area contributed by atoms with Crippen LogP contribution in [0.2, 0.25) is 0 Å². The third-order valence-electron chi connectivity index (χ3n) is 3.01. The summed E-state index contributed by atoms with van der Waals surface area (Å²) in [6.45, 7) is 1.83. The zero-order valence-corrected chi connectivity index (χ0v) is 11.2. The largest absolute Gasteiger partial charge is 0.376 e. The molecule has 0 spiro atoms. The number of nitrogens with zero attached hydrogens (tertiary/aromatic N) is 1. The van der Waals surface area contributed by atoms with Crippen molar-refractivity contribution in [1.82, 2.24) is 10.3 Å². The summed E-state index contributed by atoms with van der Waals surface area (Å²) in [5.74, 6) is -0.0370. The summed E-state index contributed by atoms with van der Waals surface area (Å²) in [5.41, 5.74) is 2.01. The van der Waals surface area contributed by atoms with Gasteiger partial charge in [-0.2, -0.15) is 0 Å². The monoisotopic (exact) mass is 274 g/mol. The molecule has 3 rings (SSSR count). The number of carbonyl (C=O) groups excluding carboxylic acids is 1. The zero-order valence-electron chi connectivity index (χ0n) is 10.4. The molecule has 3 heterocycles. The van der Waals surface area contributed by atoms with E-state index in [9.17, 15) is 4.79 Å². The van der Waals surface area contributed by atoms with Gasteiger partial charge in [0.2, 0.25) is 0 Å². The highest BCUT2D eigenvalue weighted by atomic mass is 32.1. The van der Waals surface area contributed by atoms with Gasteiger partial charge in [0.05, 0.1) is 30.3 Å². The molecule has 2 aromatic rings. The highest BCUT2D eigenvalue weighted by Crippen LogP contribution is 2.26. The molecule has 1 N–H and O–H groups in total. The van der Waals surface area contributed by atoms with Gasteiger partial charge in [0.15, 0.2) is 0 Å². The lowest BCUT2D eigenvalue weighted by Crippen LogP contribution is -2.22. The second-order valence-electron chi connectivity index (χ2n) is 4.37. The van der Waals surface area contributed by atoms with Gasteiger partial charge in [-0.25, -0.2) is 0 Å². The van der Waals surface area contributed by atoms with Crippen molar-refractivity contribution in [3.63, 3.8) is 0 Å². The molecule has 0 aliphatic carbocycles. The van der Waals surface area contributed by atoms with Gasteiger partial charge in [0.1, 0.15) is 0 Å². The maximum Gasteiger partial charge on any atom is 0.261 e. The number of thiophene rings is 1. The van der Waals surface area contributed by atoms with E-state index in [4.69, 9.17) is 4.74 Å². The summed E-state index contributed by atoms with van der Waals surface area (Å²) in [6.07, 6.45) is 2.64. The van der Waals surface area contributed by atoms with Crippen molar-refractivity contribution >= 4 is 17.2 Å². The number of fused-ring (bicyclic) bond motifs is 1. The van der Waals surface area contributed by atoms with E-state index in [1.165, 1.54) is 4.88 Å². The van der Waals surface area contributed by atoms with Crippen molar-refractivity contribution < 1.29 is 9.53 Å². The van der Waals surface area contributed by atoms with Crippen LogP contribution >= 0.6 is 11.3 Å². The average molecular weight is 274 g/mol. The Morgan fingerprint density at radius 2 is 2.42 bits per heavy atom. The lowest BCUT2D eigenvalue weighted by molar-refractivity contribution is 0.0954. The van der Waals surface area contributed by atoms with Crippen molar-refractivity contribution in [2.45, 2.75) is 19.6 Å². The van der Waals surface area contributed by atoms with Crippen LogP contribution in [-0.2, 0) is 24.3 Å². The van der Waals surface area contributed by atoms with E-state index in [-0.39, 0.29) is 5.91 Å². The number of pyridine rings is 1. The molecular weight excluding hydrogens is 260 g/mol.